The van der Waals surface area contributed by atoms with Crippen molar-refractivity contribution in [3.8, 4) is 6.07 Å². The van der Waals surface area contributed by atoms with Crippen LogP contribution in [0.4, 0.5) is 4.79 Å². The average molecular weight is 291 g/mol. The number of amides is 1. The molecule has 1 aliphatic heterocycles. The predicted octanol–water partition coefficient (Wildman–Crippen LogP) is 2.99. The van der Waals surface area contributed by atoms with E-state index in [4.69, 9.17) is 9.26 Å². The Morgan fingerprint density at radius 1 is 1.57 bits per heavy atom. The van der Waals surface area contributed by atoms with E-state index in [2.05, 4.69) is 11.2 Å². The van der Waals surface area contributed by atoms with Gasteiger partial charge in [0, 0.05) is 18.5 Å². The van der Waals surface area contributed by atoms with E-state index in [1.54, 1.807) is 0 Å². The van der Waals surface area contributed by atoms with Gasteiger partial charge < -0.3 is 9.26 Å². The Kier molecular flexibility index (Phi) is 4.21. The molecule has 1 aliphatic rings. The second-order valence-corrected chi connectivity index (χ2v) is 6.40. The molecule has 2 heterocycles. The fourth-order valence-corrected chi connectivity index (χ4v) is 2.47. The molecule has 0 aliphatic carbocycles. The van der Waals surface area contributed by atoms with Crippen LogP contribution in [0.15, 0.2) is 10.6 Å². The van der Waals surface area contributed by atoms with E-state index in [1.807, 2.05) is 33.8 Å². The number of nitriles is 1. The molecule has 0 saturated carbocycles. The lowest BCUT2D eigenvalue weighted by Crippen LogP contribution is -2.47. The van der Waals surface area contributed by atoms with Crippen LogP contribution in [0.3, 0.4) is 0 Å². The van der Waals surface area contributed by atoms with Gasteiger partial charge in [0.25, 0.3) is 0 Å². The molecule has 6 nitrogen and oxygen atoms in total. The lowest BCUT2D eigenvalue weighted by molar-refractivity contribution is 0.0140. The molecule has 0 N–H and O–H groups in total. The van der Waals surface area contributed by atoms with Gasteiger partial charge in [-0.05, 0) is 40.5 Å². The van der Waals surface area contributed by atoms with Gasteiger partial charge in [0.1, 0.15) is 17.4 Å². The molecule has 1 fully saturated rings. The van der Waals surface area contributed by atoms with Crippen LogP contribution in [0.2, 0.25) is 0 Å². The van der Waals surface area contributed by atoms with E-state index in [9.17, 15) is 10.1 Å². The standard InChI is InChI=1S/C15H21N3O3/c1-10-7-13(17-21-10)11-5-6-18(12(8-11)9-16)14(19)20-15(2,3)4/h7,11-12H,5-6,8H2,1-4H3. The number of rotatable bonds is 1. The molecule has 2 atom stereocenters. The Morgan fingerprint density at radius 3 is 2.81 bits per heavy atom. The van der Waals surface area contributed by atoms with Crippen molar-refractivity contribution < 1.29 is 14.1 Å². The monoisotopic (exact) mass is 291 g/mol. The van der Waals surface area contributed by atoms with Crippen molar-refractivity contribution >= 4 is 6.09 Å². The fraction of sp³-hybridized carbons (Fsp3) is 0.667. The first kappa shape index (κ1) is 15.4. The third-order valence-corrected chi connectivity index (χ3v) is 3.44. The van der Waals surface area contributed by atoms with Crippen LogP contribution in [-0.2, 0) is 4.74 Å². The number of carbonyl (C=O) groups is 1. The molecule has 2 rings (SSSR count). The molecule has 0 bridgehead atoms. The summed E-state index contributed by atoms with van der Waals surface area (Å²) in [6.45, 7) is 7.78. The highest BCUT2D eigenvalue weighted by Gasteiger charge is 2.35. The largest absolute Gasteiger partial charge is 0.444 e. The fourth-order valence-electron chi connectivity index (χ4n) is 2.47. The van der Waals surface area contributed by atoms with E-state index in [0.717, 1.165) is 17.9 Å². The van der Waals surface area contributed by atoms with Gasteiger partial charge in [-0.3, -0.25) is 4.90 Å². The zero-order chi connectivity index (χ0) is 15.6. The van der Waals surface area contributed by atoms with Crippen LogP contribution in [-0.4, -0.2) is 34.3 Å². The molecule has 2 unspecified atom stereocenters. The number of hydrogen-bond acceptors (Lipinski definition) is 5. The average Bonchev–Trinajstić information content (AvgIpc) is 2.82. The van der Waals surface area contributed by atoms with E-state index < -0.39 is 17.7 Å². The van der Waals surface area contributed by atoms with Gasteiger partial charge in [0.05, 0.1) is 11.8 Å². The predicted molar refractivity (Wildman–Crippen MR) is 75.6 cm³/mol. The van der Waals surface area contributed by atoms with Gasteiger partial charge in [-0.2, -0.15) is 5.26 Å². The van der Waals surface area contributed by atoms with Gasteiger partial charge in [-0.25, -0.2) is 4.79 Å². The lowest BCUT2D eigenvalue weighted by Gasteiger charge is -2.36. The minimum absolute atomic E-state index is 0.144. The Morgan fingerprint density at radius 2 is 2.29 bits per heavy atom. The summed E-state index contributed by atoms with van der Waals surface area (Å²) in [5.41, 5.74) is 0.300. The summed E-state index contributed by atoms with van der Waals surface area (Å²) in [7, 11) is 0. The van der Waals surface area contributed by atoms with E-state index >= 15 is 0 Å². The zero-order valence-electron chi connectivity index (χ0n) is 12.9. The molecule has 0 spiro atoms. The molecule has 1 aromatic rings. The number of aromatic nitrogens is 1. The van der Waals surface area contributed by atoms with Gasteiger partial charge >= 0.3 is 6.09 Å². The van der Waals surface area contributed by atoms with Crippen molar-refractivity contribution in [1.29, 1.82) is 5.26 Å². The van der Waals surface area contributed by atoms with Crippen molar-refractivity contribution in [1.82, 2.24) is 10.1 Å². The highest BCUT2D eigenvalue weighted by molar-refractivity contribution is 5.69. The topological polar surface area (TPSA) is 79.4 Å². The van der Waals surface area contributed by atoms with Crippen molar-refractivity contribution in [3.05, 3.63) is 17.5 Å². The van der Waals surface area contributed by atoms with Gasteiger partial charge in [0.15, 0.2) is 0 Å². The van der Waals surface area contributed by atoms with Crippen LogP contribution >= 0.6 is 0 Å². The molecular formula is C15H21N3O3. The van der Waals surface area contributed by atoms with Gasteiger partial charge in [-0.1, -0.05) is 5.16 Å². The quantitative estimate of drug-likeness (QED) is 0.794. The highest BCUT2D eigenvalue weighted by Crippen LogP contribution is 2.31. The molecule has 1 aromatic heterocycles. The summed E-state index contributed by atoms with van der Waals surface area (Å²) in [6.07, 6.45) is 0.884. The normalized spacial score (nSPS) is 22.7. The molecule has 114 valence electrons. The van der Waals surface area contributed by atoms with Gasteiger partial charge in [0.2, 0.25) is 0 Å². The molecule has 1 amide bonds. The van der Waals surface area contributed by atoms with Crippen LogP contribution in [0.5, 0.6) is 0 Å². The first-order valence-electron chi connectivity index (χ1n) is 7.12. The minimum Gasteiger partial charge on any atom is -0.444 e. The van der Waals surface area contributed by atoms with Crippen molar-refractivity contribution in [3.63, 3.8) is 0 Å². The smallest absolute Gasteiger partial charge is 0.411 e. The molecule has 0 radical (unpaired) electrons. The minimum atomic E-state index is -0.558. The number of hydrogen-bond donors (Lipinski definition) is 0. The maximum Gasteiger partial charge on any atom is 0.411 e. The maximum absolute atomic E-state index is 12.1. The Bertz CT molecular complexity index is 553. The van der Waals surface area contributed by atoms with Crippen LogP contribution in [0.1, 0.15) is 51.0 Å². The molecule has 6 heteroatoms. The number of ether oxygens (including phenoxy) is 1. The molecule has 1 saturated heterocycles. The summed E-state index contributed by atoms with van der Waals surface area (Å²) < 4.78 is 10.4. The zero-order valence-corrected chi connectivity index (χ0v) is 12.9. The van der Waals surface area contributed by atoms with Crippen LogP contribution < -0.4 is 0 Å². The lowest BCUT2D eigenvalue weighted by atomic mass is 9.89. The van der Waals surface area contributed by atoms with Crippen LogP contribution in [0, 0.1) is 18.3 Å². The van der Waals surface area contributed by atoms with Crippen molar-refractivity contribution in [2.45, 2.75) is 58.1 Å². The van der Waals surface area contributed by atoms with E-state index in [0.29, 0.717) is 13.0 Å². The SMILES string of the molecule is Cc1cc(C2CCN(C(=O)OC(C)(C)C)C(C#N)C2)no1. The summed E-state index contributed by atoms with van der Waals surface area (Å²) >= 11 is 0. The third kappa shape index (κ3) is 3.75. The van der Waals surface area contributed by atoms with Crippen LogP contribution in [0.25, 0.3) is 0 Å². The van der Waals surface area contributed by atoms with E-state index in [-0.39, 0.29) is 5.92 Å². The Balaban J connectivity index is 2.05. The second-order valence-electron chi connectivity index (χ2n) is 6.40. The maximum atomic E-state index is 12.1. The number of aryl methyl sites for hydroxylation is 1. The second kappa shape index (κ2) is 5.76. The summed E-state index contributed by atoms with van der Waals surface area (Å²) in [4.78, 5) is 13.7. The van der Waals surface area contributed by atoms with Gasteiger partial charge in [-0.15, -0.1) is 0 Å². The first-order valence-corrected chi connectivity index (χ1v) is 7.12. The number of piperidine rings is 1. The first-order chi connectivity index (χ1) is 9.80. The van der Waals surface area contributed by atoms with Crippen molar-refractivity contribution in [2.75, 3.05) is 6.54 Å². The Labute approximate surface area is 124 Å². The molecule has 0 aromatic carbocycles. The van der Waals surface area contributed by atoms with E-state index in [1.165, 1.54) is 4.90 Å². The summed E-state index contributed by atoms with van der Waals surface area (Å²) in [5.74, 6) is 0.902. The Hall–Kier alpha value is -2.03. The molecular weight excluding hydrogens is 270 g/mol. The molecule has 21 heavy (non-hydrogen) atoms. The number of nitrogens with zero attached hydrogens (tertiary/aromatic N) is 3. The number of carbonyl (C=O) groups excluding carboxylic acids is 1. The number of likely N-dealkylation sites (tertiary alicyclic amines) is 1. The van der Waals surface area contributed by atoms with Crippen molar-refractivity contribution in [2.24, 2.45) is 0 Å². The highest BCUT2D eigenvalue weighted by atomic mass is 16.6. The summed E-state index contributed by atoms with van der Waals surface area (Å²) in [6, 6.07) is 3.59. The third-order valence-electron chi connectivity index (χ3n) is 3.44. The summed E-state index contributed by atoms with van der Waals surface area (Å²) in [5, 5.41) is 13.4.